The molecule has 0 N–H and O–H groups in total. The molecular formula is C25H18F4. The van der Waals surface area contributed by atoms with E-state index < -0.39 is 5.82 Å². The van der Waals surface area contributed by atoms with Crippen molar-refractivity contribution in [3.63, 3.8) is 0 Å². The summed E-state index contributed by atoms with van der Waals surface area (Å²) >= 11 is 0. The van der Waals surface area contributed by atoms with Crippen molar-refractivity contribution in [3.8, 4) is 11.1 Å². The topological polar surface area (TPSA) is 0 Å². The lowest BCUT2D eigenvalue weighted by Crippen LogP contribution is -1.97. The van der Waals surface area contributed by atoms with Crippen LogP contribution in [0.1, 0.15) is 29.5 Å². The molecule has 0 radical (unpaired) electrons. The fourth-order valence-electron chi connectivity index (χ4n) is 3.53. The molecule has 1 aliphatic rings. The van der Waals surface area contributed by atoms with Crippen LogP contribution in [-0.2, 0) is 6.42 Å². The minimum atomic E-state index is -0.410. The standard InChI is InChI=1S/C25H18F4/c26-20-7-3-18(4-8-20)22-11-1-16(14-24(22)28)13-17-2-12-23(25(29)15-17)19-5-9-21(27)10-6-19/h1-5,7-9,11-12,14-15H,6,10,13H2. The van der Waals surface area contributed by atoms with E-state index in [0.717, 1.165) is 11.1 Å². The molecule has 0 aromatic heterocycles. The Morgan fingerprint density at radius 2 is 1.24 bits per heavy atom. The lowest BCUT2D eigenvalue weighted by atomic mass is 9.94. The maximum atomic E-state index is 14.6. The first-order valence-corrected chi connectivity index (χ1v) is 9.38. The Morgan fingerprint density at radius 1 is 0.621 bits per heavy atom. The van der Waals surface area contributed by atoms with Crippen LogP contribution < -0.4 is 0 Å². The lowest BCUT2D eigenvalue weighted by Gasteiger charge is -2.13. The molecule has 0 aliphatic heterocycles. The van der Waals surface area contributed by atoms with Gasteiger partial charge in [-0.25, -0.2) is 17.6 Å². The van der Waals surface area contributed by atoms with Gasteiger partial charge in [0.1, 0.15) is 23.3 Å². The van der Waals surface area contributed by atoms with Gasteiger partial charge in [-0.1, -0.05) is 42.5 Å². The Kier molecular flexibility index (Phi) is 5.34. The van der Waals surface area contributed by atoms with Gasteiger partial charge in [0.15, 0.2) is 0 Å². The van der Waals surface area contributed by atoms with Gasteiger partial charge < -0.3 is 0 Å². The van der Waals surface area contributed by atoms with E-state index in [1.165, 1.54) is 42.5 Å². The lowest BCUT2D eigenvalue weighted by molar-refractivity contribution is 0.587. The Labute approximate surface area is 166 Å². The van der Waals surface area contributed by atoms with Gasteiger partial charge in [0.05, 0.1) is 0 Å². The molecule has 0 saturated heterocycles. The quantitative estimate of drug-likeness (QED) is 0.405. The number of hydrogen-bond acceptors (Lipinski definition) is 0. The second kappa shape index (κ2) is 8.08. The third kappa shape index (κ3) is 4.32. The fourth-order valence-corrected chi connectivity index (χ4v) is 3.53. The van der Waals surface area contributed by atoms with Gasteiger partial charge in [-0.3, -0.25) is 0 Å². The smallest absolute Gasteiger partial charge is 0.131 e. The molecule has 0 heterocycles. The highest BCUT2D eigenvalue weighted by atomic mass is 19.1. The summed E-state index contributed by atoms with van der Waals surface area (Å²) in [5, 5.41) is 0. The number of hydrogen-bond donors (Lipinski definition) is 0. The van der Waals surface area contributed by atoms with Gasteiger partial charge in [0.25, 0.3) is 0 Å². The third-order valence-electron chi connectivity index (χ3n) is 5.07. The minimum Gasteiger partial charge on any atom is -0.212 e. The predicted octanol–water partition coefficient (Wildman–Crippen LogP) is 7.39. The van der Waals surface area contributed by atoms with Crippen LogP contribution in [0.5, 0.6) is 0 Å². The van der Waals surface area contributed by atoms with E-state index >= 15 is 0 Å². The maximum Gasteiger partial charge on any atom is 0.131 e. The van der Waals surface area contributed by atoms with E-state index in [2.05, 4.69) is 0 Å². The molecule has 0 nitrogen and oxygen atoms in total. The summed E-state index contributed by atoms with van der Waals surface area (Å²) in [5.74, 6) is -1.35. The highest BCUT2D eigenvalue weighted by Crippen LogP contribution is 2.30. The van der Waals surface area contributed by atoms with Gasteiger partial charge in [-0.15, -0.1) is 0 Å². The van der Waals surface area contributed by atoms with Gasteiger partial charge in [0, 0.05) is 17.5 Å². The molecule has 1 aliphatic carbocycles. The predicted molar refractivity (Wildman–Crippen MR) is 107 cm³/mol. The summed E-state index contributed by atoms with van der Waals surface area (Å²) in [4.78, 5) is 0. The number of rotatable bonds is 4. The molecule has 0 amide bonds. The molecule has 3 aromatic rings. The normalized spacial score (nSPS) is 13.8. The zero-order valence-corrected chi connectivity index (χ0v) is 15.6. The van der Waals surface area contributed by atoms with Crippen LogP contribution in [0.15, 0.2) is 78.6 Å². The van der Waals surface area contributed by atoms with E-state index in [-0.39, 0.29) is 23.9 Å². The largest absolute Gasteiger partial charge is 0.212 e. The van der Waals surface area contributed by atoms with Crippen molar-refractivity contribution in [1.82, 2.24) is 0 Å². The highest BCUT2D eigenvalue weighted by molar-refractivity contribution is 5.69. The van der Waals surface area contributed by atoms with Crippen molar-refractivity contribution in [1.29, 1.82) is 0 Å². The van der Waals surface area contributed by atoms with Crippen molar-refractivity contribution in [3.05, 3.63) is 113 Å². The highest BCUT2D eigenvalue weighted by Gasteiger charge is 2.13. The summed E-state index contributed by atoms with van der Waals surface area (Å²) in [6.07, 6.45) is 4.12. The van der Waals surface area contributed by atoms with Crippen LogP contribution in [0.4, 0.5) is 17.6 Å². The Morgan fingerprint density at radius 3 is 1.79 bits per heavy atom. The maximum absolute atomic E-state index is 14.6. The molecule has 3 aromatic carbocycles. The molecule has 4 rings (SSSR count). The molecule has 146 valence electrons. The summed E-state index contributed by atoms with van der Waals surface area (Å²) in [5.41, 5.74) is 3.65. The van der Waals surface area contributed by atoms with Crippen molar-refractivity contribution in [2.45, 2.75) is 19.3 Å². The average Bonchev–Trinajstić information content (AvgIpc) is 2.70. The van der Waals surface area contributed by atoms with Crippen LogP contribution in [-0.4, -0.2) is 0 Å². The minimum absolute atomic E-state index is 0.197. The van der Waals surface area contributed by atoms with Gasteiger partial charge in [-0.2, -0.15) is 0 Å². The zero-order valence-electron chi connectivity index (χ0n) is 15.6. The average molecular weight is 394 g/mol. The molecule has 0 spiro atoms. The van der Waals surface area contributed by atoms with Gasteiger partial charge in [-0.05, 0) is 65.4 Å². The van der Waals surface area contributed by atoms with Crippen molar-refractivity contribution in [2.75, 3.05) is 0 Å². The summed E-state index contributed by atoms with van der Waals surface area (Å²) in [6, 6.07) is 15.4. The first-order chi connectivity index (χ1) is 14.0. The van der Waals surface area contributed by atoms with Crippen LogP contribution in [0.3, 0.4) is 0 Å². The molecule has 0 saturated carbocycles. The van der Waals surface area contributed by atoms with Crippen molar-refractivity contribution >= 4 is 5.57 Å². The molecule has 4 heteroatoms. The van der Waals surface area contributed by atoms with Crippen LogP contribution in [0, 0.1) is 17.5 Å². The molecule has 29 heavy (non-hydrogen) atoms. The molecule has 0 unspecified atom stereocenters. The van der Waals surface area contributed by atoms with Crippen LogP contribution in [0.25, 0.3) is 16.7 Å². The third-order valence-corrected chi connectivity index (χ3v) is 5.07. The SMILES string of the molecule is FC1=CC=C(c2ccc(Cc3ccc(-c4ccc(F)cc4)c(F)c3)cc2F)CC1. The van der Waals surface area contributed by atoms with Crippen LogP contribution in [0.2, 0.25) is 0 Å². The van der Waals surface area contributed by atoms with Crippen molar-refractivity contribution in [2.24, 2.45) is 0 Å². The second-order valence-corrected chi connectivity index (χ2v) is 7.12. The van der Waals surface area contributed by atoms with E-state index in [4.69, 9.17) is 0 Å². The fraction of sp³-hybridized carbons (Fsp3) is 0.120. The van der Waals surface area contributed by atoms with Crippen molar-refractivity contribution < 1.29 is 17.6 Å². The number of halogens is 4. The monoisotopic (exact) mass is 394 g/mol. The first-order valence-electron chi connectivity index (χ1n) is 9.38. The summed E-state index contributed by atoms with van der Waals surface area (Å²) < 4.78 is 55.3. The Hall–Kier alpha value is -3.14. The first kappa shape index (κ1) is 19.2. The summed E-state index contributed by atoms with van der Waals surface area (Å²) in [7, 11) is 0. The van der Waals surface area contributed by atoms with E-state index in [1.54, 1.807) is 30.3 Å². The van der Waals surface area contributed by atoms with E-state index in [9.17, 15) is 17.6 Å². The second-order valence-electron chi connectivity index (χ2n) is 7.12. The molecule has 0 fully saturated rings. The Bertz CT molecular complexity index is 1110. The van der Waals surface area contributed by atoms with E-state index in [1.807, 2.05) is 0 Å². The molecule has 0 bridgehead atoms. The molecule has 0 atom stereocenters. The van der Waals surface area contributed by atoms with Crippen LogP contribution >= 0.6 is 0 Å². The van der Waals surface area contributed by atoms with Gasteiger partial charge in [0.2, 0.25) is 0 Å². The Balaban J connectivity index is 1.54. The van der Waals surface area contributed by atoms with Gasteiger partial charge >= 0.3 is 0 Å². The zero-order chi connectivity index (χ0) is 20.4. The summed E-state index contributed by atoms with van der Waals surface area (Å²) in [6.45, 7) is 0. The molecular weight excluding hydrogens is 376 g/mol. The number of benzene rings is 3. The van der Waals surface area contributed by atoms with E-state index in [0.29, 0.717) is 35.1 Å². The number of allylic oxidation sites excluding steroid dienone is 4.